The smallest absolute Gasteiger partial charge is 0.328 e. The lowest BCUT2D eigenvalue weighted by atomic mass is 9.86. The summed E-state index contributed by atoms with van der Waals surface area (Å²) in [6.07, 6.45) is 11.4. The maximum Gasteiger partial charge on any atom is 0.328 e. The molecule has 1 aromatic carbocycles. The van der Waals surface area contributed by atoms with E-state index in [1.807, 2.05) is 52.0 Å². The van der Waals surface area contributed by atoms with Crippen molar-refractivity contribution in [3.05, 3.63) is 35.4 Å². The van der Waals surface area contributed by atoms with Crippen molar-refractivity contribution in [1.82, 2.24) is 10.2 Å². The van der Waals surface area contributed by atoms with Gasteiger partial charge >= 0.3 is 5.97 Å². The lowest BCUT2D eigenvalue weighted by Crippen LogP contribution is -2.54. The van der Waals surface area contributed by atoms with Crippen LogP contribution >= 0.6 is 0 Å². The zero-order chi connectivity index (χ0) is 34.7. The third kappa shape index (κ3) is 14.1. The lowest BCUT2D eigenvalue weighted by molar-refractivity contribution is -0.152. The van der Waals surface area contributed by atoms with Crippen LogP contribution in [0.3, 0.4) is 0 Å². The van der Waals surface area contributed by atoms with Gasteiger partial charge in [0, 0.05) is 24.7 Å². The molecule has 2 fully saturated rings. The largest absolute Gasteiger partial charge is 0.497 e. The number of benzene rings is 1. The molecule has 1 saturated carbocycles. The van der Waals surface area contributed by atoms with E-state index in [1.165, 1.54) is 26.4 Å². The van der Waals surface area contributed by atoms with Gasteiger partial charge in [0.15, 0.2) is 0 Å². The van der Waals surface area contributed by atoms with Crippen molar-refractivity contribution in [2.45, 2.75) is 104 Å². The van der Waals surface area contributed by atoms with E-state index >= 15 is 0 Å². The molecule has 1 aliphatic carbocycles. The van der Waals surface area contributed by atoms with Crippen molar-refractivity contribution in [2.75, 3.05) is 33.1 Å². The Morgan fingerprint density at radius 2 is 1.85 bits per heavy atom. The van der Waals surface area contributed by atoms with Crippen LogP contribution in [0.2, 0.25) is 0 Å². The van der Waals surface area contributed by atoms with Gasteiger partial charge in [-0.05, 0) is 69.0 Å². The second-order valence-electron chi connectivity index (χ2n) is 12.6. The van der Waals surface area contributed by atoms with Gasteiger partial charge in [0.2, 0.25) is 5.91 Å². The molecule has 2 atom stereocenters. The third-order valence-electron chi connectivity index (χ3n) is 7.82. The first-order chi connectivity index (χ1) is 21.9. The number of nitrogens with zero attached hydrogens (tertiary/aromatic N) is 1. The molecule has 0 bridgehead atoms. The maximum atomic E-state index is 12.6. The van der Waals surface area contributed by atoms with Crippen molar-refractivity contribution in [3.63, 3.8) is 0 Å². The number of likely N-dealkylation sites (N-methyl/N-ethyl adjacent to an activating group) is 1. The first kappa shape index (κ1) is 40.2. The Morgan fingerprint density at radius 3 is 2.39 bits per heavy atom. The Labute approximate surface area is 275 Å². The minimum absolute atomic E-state index is 0.0158. The van der Waals surface area contributed by atoms with E-state index < -0.39 is 6.04 Å². The molecule has 0 spiro atoms. The number of carboxylic acid groups (broad SMARTS) is 1. The number of hydrogen-bond acceptors (Lipinski definition) is 7. The molecule has 2 amide bonds. The normalized spacial score (nSPS) is 16.3. The van der Waals surface area contributed by atoms with Crippen LogP contribution in [0, 0.1) is 30.1 Å². The summed E-state index contributed by atoms with van der Waals surface area (Å²) in [5, 5.41) is 12.9. The molecule has 0 aromatic heterocycles. The second kappa shape index (κ2) is 21.0. The number of rotatable bonds is 11. The van der Waals surface area contributed by atoms with Gasteiger partial charge in [0.25, 0.3) is 12.4 Å². The van der Waals surface area contributed by atoms with Gasteiger partial charge in [-0.1, -0.05) is 70.9 Å². The summed E-state index contributed by atoms with van der Waals surface area (Å²) in [6.45, 7) is 10.5. The molecule has 1 aromatic rings. The predicted molar refractivity (Wildman–Crippen MR) is 181 cm³/mol. The number of carbonyl (C=O) groups excluding carboxylic acids is 3. The molecule has 1 heterocycles. The van der Waals surface area contributed by atoms with Crippen LogP contribution in [-0.4, -0.2) is 74.2 Å². The summed E-state index contributed by atoms with van der Waals surface area (Å²) < 4.78 is 10.00. The van der Waals surface area contributed by atoms with E-state index in [0.717, 1.165) is 55.0 Å². The Morgan fingerprint density at radius 1 is 1.17 bits per heavy atom. The van der Waals surface area contributed by atoms with Gasteiger partial charge in [-0.15, -0.1) is 0 Å². The number of ether oxygens (including phenoxy) is 2. The fourth-order valence-corrected chi connectivity index (χ4v) is 5.09. The van der Waals surface area contributed by atoms with Crippen molar-refractivity contribution in [1.29, 1.82) is 0 Å². The number of amides is 2. The first-order valence-electron chi connectivity index (χ1n) is 16.2. The van der Waals surface area contributed by atoms with E-state index in [9.17, 15) is 14.4 Å². The molecular formula is C36H55N3O7. The second-order valence-corrected chi connectivity index (χ2v) is 12.6. The Hall–Kier alpha value is -3.84. The molecule has 1 saturated heterocycles. The van der Waals surface area contributed by atoms with E-state index in [0.29, 0.717) is 18.5 Å². The van der Waals surface area contributed by atoms with Gasteiger partial charge in [0.05, 0.1) is 25.8 Å². The van der Waals surface area contributed by atoms with Crippen LogP contribution in [0.4, 0.5) is 5.69 Å². The number of anilines is 1. The zero-order valence-electron chi connectivity index (χ0n) is 29.0. The molecule has 0 radical (unpaired) electrons. The number of hydrogen-bond donors (Lipinski definition) is 3. The summed E-state index contributed by atoms with van der Waals surface area (Å²) in [4.78, 5) is 46.8. The van der Waals surface area contributed by atoms with Crippen molar-refractivity contribution >= 4 is 29.9 Å². The molecule has 10 heteroatoms. The van der Waals surface area contributed by atoms with Crippen molar-refractivity contribution < 1.29 is 33.8 Å². The molecule has 46 heavy (non-hydrogen) atoms. The topological polar surface area (TPSA) is 134 Å². The van der Waals surface area contributed by atoms with E-state index in [-0.39, 0.29) is 35.7 Å². The number of esters is 1. The molecule has 2 unspecified atom stereocenters. The Kier molecular flexibility index (Phi) is 18.4. The van der Waals surface area contributed by atoms with E-state index in [2.05, 4.69) is 29.4 Å². The van der Waals surface area contributed by atoms with Crippen LogP contribution < -0.4 is 15.4 Å². The third-order valence-corrected chi connectivity index (χ3v) is 7.82. The maximum absolute atomic E-state index is 12.6. The number of unbranched alkanes of at least 4 members (excludes halogenated alkanes) is 2. The number of nitrogens with one attached hydrogen (secondary N) is 2. The number of aryl methyl sites for hydroxylation is 1. The van der Waals surface area contributed by atoms with Crippen molar-refractivity contribution in [2.24, 2.45) is 11.3 Å². The minimum Gasteiger partial charge on any atom is -0.497 e. The Bertz CT molecular complexity index is 1220. The summed E-state index contributed by atoms with van der Waals surface area (Å²) in [5.41, 5.74) is 2.15. The quantitative estimate of drug-likeness (QED) is 0.0916. The fourth-order valence-electron chi connectivity index (χ4n) is 5.09. The van der Waals surface area contributed by atoms with Crippen LogP contribution in [0.5, 0.6) is 5.75 Å². The van der Waals surface area contributed by atoms with Crippen LogP contribution in [0.15, 0.2) is 29.8 Å². The predicted octanol–water partition coefficient (Wildman–Crippen LogP) is 5.74. The van der Waals surface area contributed by atoms with Crippen LogP contribution in [0.1, 0.15) is 91.0 Å². The summed E-state index contributed by atoms with van der Waals surface area (Å²) >= 11 is 0. The highest BCUT2D eigenvalue weighted by Gasteiger charge is 2.40. The number of carbonyl (C=O) groups is 4. The van der Waals surface area contributed by atoms with Gasteiger partial charge in [-0.25, -0.2) is 4.79 Å². The number of likely N-dealkylation sites (tertiary alicyclic amines) is 1. The van der Waals surface area contributed by atoms with Gasteiger partial charge in [-0.2, -0.15) is 0 Å². The van der Waals surface area contributed by atoms with Gasteiger partial charge < -0.3 is 30.1 Å². The number of allylic oxidation sites excluding steroid dienone is 1. The monoisotopic (exact) mass is 641 g/mol. The summed E-state index contributed by atoms with van der Waals surface area (Å²) in [5.74, 6) is 7.46. The van der Waals surface area contributed by atoms with Crippen molar-refractivity contribution in [3.8, 4) is 17.6 Å². The summed E-state index contributed by atoms with van der Waals surface area (Å²) in [7, 11) is 4.76. The van der Waals surface area contributed by atoms with E-state index in [1.54, 1.807) is 19.1 Å². The average molecular weight is 642 g/mol. The molecule has 10 nitrogen and oxygen atoms in total. The van der Waals surface area contributed by atoms with Crippen LogP contribution in [-0.2, 0) is 23.9 Å². The fraction of sp³-hybridized carbons (Fsp3) is 0.611. The summed E-state index contributed by atoms with van der Waals surface area (Å²) in [6, 6.07) is 4.96. The van der Waals surface area contributed by atoms with E-state index in [4.69, 9.17) is 19.4 Å². The average Bonchev–Trinajstić information content (AvgIpc) is 3.71. The number of methoxy groups -OCH3 is 2. The molecule has 2 aliphatic rings. The highest BCUT2D eigenvalue weighted by molar-refractivity contribution is 6.07. The van der Waals surface area contributed by atoms with Gasteiger partial charge in [-0.3, -0.25) is 14.4 Å². The molecule has 256 valence electrons. The molecule has 3 N–H and O–H groups in total. The van der Waals surface area contributed by atoms with Crippen LogP contribution in [0.25, 0.3) is 0 Å². The lowest BCUT2D eigenvalue weighted by Gasteiger charge is -2.34. The molecule has 3 rings (SSSR count). The molecule has 1 aliphatic heterocycles. The minimum atomic E-state index is -0.416. The SMILES string of the molecule is CCC/C=C(\C#CCCCC1CC1)C(=O)Nc1cc(OC)ccc1C.CNC(C(=O)N1CCCC1C(=O)OC)C(C)(C)C.O=CO. The highest BCUT2D eigenvalue weighted by atomic mass is 16.5. The first-order valence-corrected chi connectivity index (χ1v) is 16.2. The Balaban J connectivity index is 0.000000443. The zero-order valence-corrected chi connectivity index (χ0v) is 29.0. The molecular weight excluding hydrogens is 586 g/mol. The highest BCUT2D eigenvalue weighted by Crippen LogP contribution is 2.33. The standard InChI is InChI=1S/C22H29NO2.C13H24N2O3.CH2O2/c1-4-5-10-19(11-8-6-7-9-18-13-14-18)22(24)23-21-16-20(25-3)15-12-17(21)2;1-13(2,3)10(14-4)11(16)15-8-6-7-9(15)12(17)18-5;2-1-3/h10,12,15-16,18H,4-7,9,13-14H2,1-3H3,(H,23,24);9-10,14H,6-8H2,1-5H3;1H,(H,2,3)/b19-10+;;. The van der Waals surface area contributed by atoms with Gasteiger partial charge in [0.1, 0.15) is 11.8 Å².